The summed E-state index contributed by atoms with van der Waals surface area (Å²) < 4.78 is 73.6. The Hall–Kier alpha value is -1.36. The third kappa shape index (κ3) is 4.45. The van der Waals surface area contributed by atoms with Gasteiger partial charge in [-0.2, -0.15) is 4.31 Å². The van der Waals surface area contributed by atoms with Gasteiger partial charge in [0.15, 0.2) is 0 Å². The van der Waals surface area contributed by atoms with Crippen LogP contribution in [0.25, 0.3) is 0 Å². The predicted octanol–water partition coefficient (Wildman–Crippen LogP) is 2.56. The third-order valence-corrected chi connectivity index (χ3v) is 7.56. The first-order valence-electron chi connectivity index (χ1n) is 9.06. The molecule has 1 aromatic rings. The van der Waals surface area contributed by atoms with E-state index < -0.39 is 22.1 Å². The second kappa shape index (κ2) is 7.81. The van der Waals surface area contributed by atoms with Gasteiger partial charge in [0.2, 0.25) is 10.0 Å². The van der Waals surface area contributed by atoms with Crippen LogP contribution in [0.2, 0.25) is 0 Å². The topological polar surface area (TPSA) is 59.1 Å². The normalized spacial score (nSPS) is 29.1. The number of halogens is 3. The number of fused-ring (bicyclic) bond motifs is 1. The van der Waals surface area contributed by atoms with Crippen molar-refractivity contribution in [1.82, 2.24) is 9.21 Å². The molecule has 0 N–H and O–H groups in total. The zero-order valence-electron chi connectivity index (χ0n) is 16.0. The first-order valence-corrected chi connectivity index (χ1v) is 10.5. The van der Waals surface area contributed by atoms with Gasteiger partial charge in [0.25, 0.3) is 0 Å². The zero-order chi connectivity index (χ0) is 20.7. The van der Waals surface area contributed by atoms with E-state index in [9.17, 15) is 21.6 Å². The van der Waals surface area contributed by atoms with Crippen LogP contribution in [0.5, 0.6) is 5.75 Å². The molecule has 0 unspecified atom stereocenters. The second-order valence-electron chi connectivity index (χ2n) is 7.64. The van der Waals surface area contributed by atoms with E-state index in [1.165, 1.54) is 4.31 Å². The van der Waals surface area contributed by atoms with Gasteiger partial charge in [-0.15, -0.1) is 13.2 Å². The maximum atomic E-state index is 13.0. The van der Waals surface area contributed by atoms with Crippen molar-refractivity contribution in [2.75, 3.05) is 34.3 Å². The highest BCUT2D eigenvalue weighted by Gasteiger charge is 2.46. The second-order valence-corrected chi connectivity index (χ2v) is 9.58. The fraction of sp³-hybridized carbons (Fsp3) is 0.667. The lowest BCUT2D eigenvalue weighted by Gasteiger charge is -2.40. The van der Waals surface area contributed by atoms with E-state index in [0.29, 0.717) is 13.1 Å². The van der Waals surface area contributed by atoms with Gasteiger partial charge in [0, 0.05) is 26.2 Å². The molecule has 28 heavy (non-hydrogen) atoms. The molecular formula is C18H25F3N2O4S. The number of ether oxygens (including phenoxy) is 2. The van der Waals surface area contributed by atoms with Crippen molar-refractivity contribution in [3.05, 3.63) is 24.3 Å². The first kappa shape index (κ1) is 21.4. The maximum Gasteiger partial charge on any atom is 0.573 e. The van der Waals surface area contributed by atoms with Crippen LogP contribution < -0.4 is 4.74 Å². The van der Waals surface area contributed by atoms with E-state index in [1.54, 1.807) is 7.11 Å². The third-order valence-electron chi connectivity index (χ3n) is 5.71. The lowest BCUT2D eigenvalue weighted by Crippen LogP contribution is -2.47. The zero-order valence-corrected chi connectivity index (χ0v) is 16.8. The number of nitrogens with zero attached hydrogens (tertiary/aromatic N) is 2. The molecule has 0 bridgehead atoms. The maximum absolute atomic E-state index is 13.0. The number of likely N-dealkylation sites (N-methyl/N-ethyl adjacent to an activating group) is 1. The fourth-order valence-electron chi connectivity index (χ4n) is 4.30. The standard InChI is InChI=1S/C18H25F3N2O4S/c1-22(2)16-8-12-10-23(11-13(12)9-17(16)26-3)28(24,25)15-6-4-14(5-7-15)27-18(19,20)21/h4-7,12-13,16-17H,8-11H2,1-3H3/t12-,13+,16-,17-/m1/s1. The number of benzene rings is 1. The van der Waals surface area contributed by atoms with Crippen LogP contribution in [-0.2, 0) is 14.8 Å². The van der Waals surface area contributed by atoms with Crippen LogP contribution in [0.3, 0.4) is 0 Å². The minimum atomic E-state index is -4.81. The quantitative estimate of drug-likeness (QED) is 0.730. The molecule has 1 saturated heterocycles. The molecule has 1 aliphatic heterocycles. The molecule has 0 amide bonds. The van der Waals surface area contributed by atoms with Gasteiger partial charge in [-0.3, -0.25) is 0 Å². The van der Waals surface area contributed by atoms with Gasteiger partial charge in [-0.1, -0.05) is 0 Å². The van der Waals surface area contributed by atoms with E-state index in [4.69, 9.17) is 4.74 Å². The highest BCUT2D eigenvalue weighted by Crippen LogP contribution is 2.40. The number of methoxy groups -OCH3 is 1. The summed E-state index contributed by atoms with van der Waals surface area (Å²) in [6, 6.07) is 4.57. The largest absolute Gasteiger partial charge is 0.573 e. The van der Waals surface area contributed by atoms with E-state index in [2.05, 4.69) is 9.64 Å². The molecule has 1 heterocycles. The van der Waals surface area contributed by atoms with E-state index >= 15 is 0 Å². The summed E-state index contributed by atoms with van der Waals surface area (Å²) in [6.07, 6.45) is -3.13. The van der Waals surface area contributed by atoms with Gasteiger partial charge >= 0.3 is 6.36 Å². The molecule has 0 radical (unpaired) electrons. The predicted molar refractivity (Wildman–Crippen MR) is 96.4 cm³/mol. The monoisotopic (exact) mass is 422 g/mol. The Morgan fingerprint density at radius 3 is 2.14 bits per heavy atom. The summed E-state index contributed by atoms with van der Waals surface area (Å²) in [5.74, 6) is 0.00322. The number of hydrogen-bond donors (Lipinski definition) is 0. The molecule has 2 fully saturated rings. The van der Waals surface area contributed by atoms with Gasteiger partial charge in [0.05, 0.1) is 11.0 Å². The highest BCUT2D eigenvalue weighted by molar-refractivity contribution is 7.89. The van der Waals surface area contributed by atoms with E-state index in [0.717, 1.165) is 37.1 Å². The van der Waals surface area contributed by atoms with E-state index in [1.807, 2.05) is 14.1 Å². The van der Waals surface area contributed by atoms with Gasteiger partial charge in [-0.25, -0.2) is 8.42 Å². The van der Waals surface area contributed by atoms with Crippen molar-refractivity contribution in [2.45, 2.75) is 36.2 Å². The van der Waals surface area contributed by atoms with Gasteiger partial charge in [-0.05, 0) is 63.0 Å². The summed E-state index contributed by atoms with van der Waals surface area (Å²) in [5, 5.41) is 0. The first-order chi connectivity index (χ1) is 13.0. The number of alkyl halides is 3. The molecule has 0 spiro atoms. The Bertz CT molecular complexity index is 783. The minimum Gasteiger partial charge on any atom is -0.406 e. The Kier molecular flexibility index (Phi) is 5.96. The van der Waals surface area contributed by atoms with Crippen LogP contribution in [0.4, 0.5) is 13.2 Å². The molecule has 2 aliphatic rings. The number of hydrogen-bond acceptors (Lipinski definition) is 5. The molecule has 10 heteroatoms. The SMILES string of the molecule is CO[C@@H]1C[C@H]2CN(S(=O)(=O)c3ccc(OC(F)(F)F)cc3)C[C@H]2C[C@H]1N(C)C. The molecule has 1 aliphatic carbocycles. The van der Waals surface area contributed by atoms with Crippen LogP contribution in [0.15, 0.2) is 29.2 Å². The van der Waals surface area contributed by atoms with Crippen LogP contribution in [-0.4, -0.2) is 70.4 Å². The Balaban J connectivity index is 1.73. The Labute approximate surface area is 163 Å². The van der Waals surface area contributed by atoms with Crippen molar-refractivity contribution >= 4 is 10.0 Å². The average Bonchev–Trinajstić information content (AvgIpc) is 3.03. The molecule has 158 valence electrons. The minimum absolute atomic E-state index is 0.0341. The van der Waals surface area contributed by atoms with Crippen molar-refractivity contribution in [3.8, 4) is 5.75 Å². The smallest absolute Gasteiger partial charge is 0.406 e. The molecule has 0 aromatic heterocycles. The fourth-order valence-corrected chi connectivity index (χ4v) is 5.86. The molecule has 3 rings (SSSR count). The number of sulfonamides is 1. The van der Waals surface area contributed by atoms with Crippen molar-refractivity contribution in [2.24, 2.45) is 11.8 Å². The van der Waals surface area contributed by atoms with Gasteiger partial charge < -0.3 is 14.4 Å². The molecule has 1 saturated carbocycles. The molecular weight excluding hydrogens is 397 g/mol. The van der Waals surface area contributed by atoms with E-state index in [-0.39, 0.29) is 28.9 Å². The van der Waals surface area contributed by atoms with Crippen LogP contribution in [0.1, 0.15) is 12.8 Å². The van der Waals surface area contributed by atoms with Crippen molar-refractivity contribution in [3.63, 3.8) is 0 Å². The molecule has 4 atom stereocenters. The van der Waals surface area contributed by atoms with Gasteiger partial charge in [0.1, 0.15) is 5.75 Å². The summed E-state index contributed by atoms with van der Waals surface area (Å²) in [6.45, 7) is 0.808. The lowest BCUT2D eigenvalue weighted by molar-refractivity contribution is -0.274. The van der Waals surface area contributed by atoms with Crippen LogP contribution >= 0.6 is 0 Å². The summed E-state index contributed by atoms with van der Waals surface area (Å²) in [5.41, 5.74) is 0. The average molecular weight is 422 g/mol. The summed E-state index contributed by atoms with van der Waals surface area (Å²) in [7, 11) is 1.88. The summed E-state index contributed by atoms with van der Waals surface area (Å²) >= 11 is 0. The summed E-state index contributed by atoms with van der Waals surface area (Å²) in [4.78, 5) is 2.08. The lowest BCUT2D eigenvalue weighted by atomic mass is 9.77. The van der Waals surface area contributed by atoms with Crippen LogP contribution in [0, 0.1) is 11.8 Å². The Morgan fingerprint density at radius 2 is 1.64 bits per heavy atom. The molecule has 1 aromatic carbocycles. The van der Waals surface area contributed by atoms with Crippen molar-refractivity contribution in [1.29, 1.82) is 0 Å². The highest BCUT2D eigenvalue weighted by atomic mass is 32.2. The number of rotatable bonds is 5. The van der Waals surface area contributed by atoms with Crippen molar-refractivity contribution < 1.29 is 31.1 Å². The molecule has 6 nitrogen and oxygen atoms in total. The Morgan fingerprint density at radius 1 is 1.07 bits per heavy atom.